The minimum Gasteiger partial charge on any atom is -0.314 e. The van der Waals surface area contributed by atoms with Gasteiger partial charge in [-0.05, 0) is 66.2 Å². The zero-order valence-electron chi connectivity index (χ0n) is 12.3. The van der Waals surface area contributed by atoms with Crippen LogP contribution in [0.1, 0.15) is 25.7 Å². The van der Waals surface area contributed by atoms with Crippen LogP contribution < -0.4 is 5.32 Å². The number of nitrogens with one attached hydrogen (secondary N) is 1. The third-order valence-electron chi connectivity index (χ3n) is 4.38. The zero-order valence-corrected chi connectivity index (χ0v) is 14.7. The second-order valence-electron chi connectivity index (χ2n) is 6.08. The fraction of sp³-hybridized carbons (Fsp3) is 0.600. The van der Waals surface area contributed by atoms with Gasteiger partial charge in [0.2, 0.25) is 10.0 Å². The lowest BCUT2D eigenvalue weighted by molar-refractivity contribution is 0.287. The largest absolute Gasteiger partial charge is 0.314 e. The van der Waals surface area contributed by atoms with Crippen molar-refractivity contribution in [2.24, 2.45) is 5.92 Å². The summed E-state index contributed by atoms with van der Waals surface area (Å²) in [5.41, 5.74) is 0. The summed E-state index contributed by atoms with van der Waals surface area (Å²) in [5, 5.41) is 3.51. The molecule has 0 amide bonds. The van der Waals surface area contributed by atoms with Gasteiger partial charge in [-0.3, -0.25) is 0 Å². The minimum absolute atomic E-state index is 0.176. The van der Waals surface area contributed by atoms with E-state index in [-0.39, 0.29) is 9.37 Å². The molecule has 1 heterocycles. The molecule has 22 heavy (non-hydrogen) atoms. The summed E-state index contributed by atoms with van der Waals surface area (Å²) in [5.74, 6) is 0.106. The monoisotopic (exact) mass is 390 g/mol. The summed E-state index contributed by atoms with van der Waals surface area (Å²) < 4.78 is 40.8. The van der Waals surface area contributed by atoms with Gasteiger partial charge in [0.1, 0.15) is 4.90 Å². The van der Waals surface area contributed by atoms with Gasteiger partial charge in [0.15, 0.2) is 5.82 Å². The second-order valence-corrected chi connectivity index (χ2v) is 8.84. The SMILES string of the molecule is O=S(=O)(c1cccc(Br)c1F)N1CCC(NCC2CC2)CC1. The number of sulfonamides is 1. The summed E-state index contributed by atoms with van der Waals surface area (Å²) in [7, 11) is -3.76. The van der Waals surface area contributed by atoms with Crippen molar-refractivity contribution >= 4 is 26.0 Å². The van der Waals surface area contributed by atoms with Crippen molar-refractivity contribution in [3.05, 3.63) is 28.5 Å². The van der Waals surface area contributed by atoms with Crippen LogP contribution in [-0.4, -0.2) is 38.4 Å². The van der Waals surface area contributed by atoms with Gasteiger partial charge in [-0.1, -0.05) is 6.07 Å². The smallest absolute Gasteiger partial charge is 0.246 e. The van der Waals surface area contributed by atoms with Crippen LogP contribution in [0.3, 0.4) is 0 Å². The number of halogens is 2. The summed E-state index contributed by atoms with van der Waals surface area (Å²) >= 11 is 3.04. The number of hydrogen-bond acceptors (Lipinski definition) is 3. The van der Waals surface area contributed by atoms with Gasteiger partial charge in [-0.25, -0.2) is 12.8 Å². The van der Waals surface area contributed by atoms with Crippen molar-refractivity contribution in [2.45, 2.75) is 36.6 Å². The maximum absolute atomic E-state index is 14.1. The Hall–Kier alpha value is -0.500. The highest BCUT2D eigenvalue weighted by atomic mass is 79.9. The number of piperidine rings is 1. The van der Waals surface area contributed by atoms with Crippen molar-refractivity contribution < 1.29 is 12.8 Å². The molecule has 0 atom stereocenters. The average Bonchev–Trinajstić information content (AvgIpc) is 3.32. The van der Waals surface area contributed by atoms with E-state index >= 15 is 0 Å². The average molecular weight is 391 g/mol. The van der Waals surface area contributed by atoms with Gasteiger partial charge in [0.05, 0.1) is 4.47 Å². The van der Waals surface area contributed by atoms with Gasteiger partial charge in [-0.15, -0.1) is 0 Å². The molecule has 4 nitrogen and oxygen atoms in total. The first-order chi connectivity index (χ1) is 10.5. The summed E-state index contributed by atoms with van der Waals surface area (Å²) in [4.78, 5) is -0.244. The molecule has 0 unspecified atom stereocenters. The predicted octanol–water partition coefficient (Wildman–Crippen LogP) is 2.74. The number of nitrogens with zero attached hydrogens (tertiary/aromatic N) is 1. The molecule has 1 aliphatic heterocycles. The number of benzene rings is 1. The molecule has 1 N–H and O–H groups in total. The third kappa shape index (κ3) is 3.53. The van der Waals surface area contributed by atoms with Gasteiger partial charge in [0, 0.05) is 19.1 Å². The van der Waals surface area contributed by atoms with Crippen molar-refractivity contribution in [1.29, 1.82) is 0 Å². The standard InChI is InChI=1S/C15H20BrFN2O2S/c16-13-2-1-3-14(15(13)17)22(20,21)19-8-6-12(7-9-19)18-10-11-4-5-11/h1-3,11-12,18H,4-10H2. The van der Waals surface area contributed by atoms with Crippen LogP contribution >= 0.6 is 15.9 Å². The molecule has 1 aromatic carbocycles. The highest BCUT2D eigenvalue weighted by Crippen LogP contribution is 2.29. The van der Waals surface area contributed by atoms with Crippen molar-refractivity contribution in [3.8, 4) is 0 Å². The van der Waals surface area contributed by atoms with E-state index in [9.17, 15) is 12.8 Å². The molecular weight excluding hydrogens is 371 g/mol. The van der Waals surface area contributed by atoms with Crippen LogP contribution in [0.4, 0.5) is 4.39 Å². The summed E-state index contributed by atoms with van der Waals surface area (Å²) in [6.07, 6.45) is 4.17. The highest BCUT2D eigenvalue weighted by molar-refractivity contribution is 9.10. The van der Waals surface area contributed by atoms with Crippen LogP contribution in [0.15, 0.2) is 27.6 Å². The molecule has 0 radical (unpaired) electrons. The van der Waals surface area contributed by atoms with Gasteiger partial charge < -0.3 is 5.32 Å². The Bertz CT molecular complexity index is 641. The molecule has 1 saturated carbocycles. The molecule has 0 bridgehead atoms. The lowest BCUT2D eigenvalue weighted by atomic mass is 10.1. The van der Waals surface area contributed by atoms with Gasteiger partial charge in [-0.2, -0.15) is 4.31 Å². The maximum atomic E-state index is 14.1. The molecule has 1 saturated heterocycles. The van der Waals surface area contributed by atoms with E-state index in [0.717, 1.165) is 25.3 Å². The molecule has 3 rings (SSSR count). The topological polar surface area (TPSA) is 49.4 Å². The number of hydrogen-bond donors (Lipinski definition) is 1. The maximum Gasteiger partial charge on any atom is 0.246 e. The third-order valence-corrected chi connectivity index (χ3v) is 6.91. The van der Waals surface area contributed by atoms with E-state index in [1.54, 1.807) is 6.07 Å². The first-order valence-electron chi connectivity index (χ1n) is 7.66. The van der Waals surface area contributed by atoms with Crippen LogP contribution in [0.25, 0.3) is 0 Å². The van der Waals surface area contributed by atoms with E-state index < -0.39 is 15.8 Å². The first kappa shape index (κ1) is 16.4. The molecule has 1 aromatic rings. The van der Waals surface area contributed by atoms with Crippen LogP contribution in [-0.2, 0) is 10.0 Å². The Morgan fingerprint density at radius 1 is 1.23 bits per heavy atom. The molecule has 122 valence electrons. The van der Waals surface area contributed by atoms with Gasteiger partial charge >= 0.3 is 0 Å². The van der Waals surface area contributed by atoms with E-state index in [4.69, 9.17) is 0 Å². The Morgan fingerprint density at radius 2 is 1.91 bits per heavy atom. The van der Waals surface area contributed by atoms with E-state index in [1.807, 2.05) is 0 Å². The van der Waals surface area contributed by atoms with Crippen LogP contribution in [0.5, 0.6) is 0 Å². The molecule has 1 aliphatic carbocycles. The van der Waals surface area contributed by atoms with Crippen molar-refractivity contribution in [2.75, 3.05) is 19.6 Å². The second kappa shape index (κ2) is 6.55. The fourth-order valence-corrected chi connectivity index (χ4v) is 4.83. The van der Waals surface area contributed by atoms with E-state index in [0.29, 0.717) is 19.1 Å². The quantitative estimate of drug-likeness (QED) is 0.840. The van der Waals surface area contributed by atoms with Crippen molar-refractivity contribution in [3.63, 3.8) is 0 Å². The number of rotatable bonds is 5. The molecule has 0 aromatic heterocycles. The Balaban J connectivity index is 1.65. The predicted molar refractivity (Wildman–Crippen MR) is 86.6 cm³/mol. The lowest BCUT2D eigenvalue weighted by Crippen LogP contribution is -2.45. The summed E-state index contributed by atoms with van der Waals surface area (Å²) in [6, 6.07) is 4.75. The molecular formula is C15H20BrFN2O2S. The van der Waals surface area contributed by atoms with Crippen molar-refractivity contribution in [1.82, 2.24) is 9.62 Å². The minimum atomic E-state index is -3.76. The first-order valence-corrected chi connectivity index (χ1v) is 9.89. The lowest BCUT2D eigenvalue weighted by Gasteiger charge is -2.31. The summed E-state index contributed by atoms with van der Waals surface area (Å²) in [6.45, 7) is 1.92. The van der Waals surface area contributed by atoms with E-state index in [1.165, 1.54) is 29.3 Å². The van der Waals surface area contributed by atoms with Crippen LogP contribution in [0, 0.1) is 11.7 Å². The Kier molecular flexibility index (Phi) is 4.87. The molecule has 7 heteroatoms. The highest BCUT2D eigenvalue weighted by Gasteiger charge is 2.32. The van der Waals surface area contributed by atoms with Crippen LogP contribution in [0.2, 0.25) is 0 Å². The molecule has 0 spiro atoms. The Morgan fingerprint density at radius 3 is 2.55 bits per heavy atom. The normalized spacial score (nSPS) is 21.2. The fourth-order valence-electron chi connectivity index (χ4n) is 2.78. The Labute approximate surface area is 139 Å². The molecule has 2 fully saturated rings. The molecule has 2 aliphatic rings. The van der Waals surface area contributed by atoms with E-state index in [2.05, 4.69) is 21.2 Å². The zero-order chi connectivity index (χ0) is 15.7. The van der Waals surface area contributed by atoms with Gasteiger partial charge in [0.25, 0.3) is 0 Å².